The molecule has 6 rings (SSSR count). The van der Waals surface area contributed by atoms with E-state index in [2.05, 4.69) is 23.5 Å². The highest BCUT2D eigenvalue weighted by molar-refractivity contribution is 5.79. The zero-order valence-electron chi connectivity index (χ0n) is 13.9. The summed E-state index contributed by atoms with van der Waals surface area (Å²) in [6, 6.07) is 6.70. The number of nitrogens with one attached hydrogen (secondary N) is 1. The van der Waals surface area contributed by atoms with Crippen molar-refractivity contribution < 1.29 is 4.79 Å². The quantitative estimate of drug-likeness (QED) is 0.904. The number of hydrogen-bond donors (Lipinski definition) is 1. The fraction of sp³-hybridized carbons (Fsp3) is 0.667. The molecule has 2 heteroatoms. The number of hydrogen-bond acceptors (Lipinski definition) is 1. The first-order valence-electron chi connectivity index (χ1n) is 9.59. The largest absolute Gasteiger partial charge is 0.350 e. The Morgan fingerprint density at radius 2 is 1.65 bits per heavy atom. The average molecular weight is 309 g/mol. The van der Waals surface area contributed by atoms with E-state index >= 15 is 0 Å². The zero-order valence-corrected chi connectivity index (χ0v) is 13.9. The number of carbonyl (C=O) groups is 1. The van der Waals surface area contributed by atoms with Crippen molar-refractivity contribution in [2.24, 2.45) is 17.8 Å². The first-order chi connectivity index (χ1) is 11.2. The molecular formula is C21H27NO. The molecule has 122 valence electrons. The molecule has 0 atom stereocenters. The number of aryl methyl sites for hydroxylation is 2. The van der Waals surface area contributed by atoms with Crippen molar-refractivity contribution in [3.63, 3.8) is 0 Å². The predicted molar refractivity (Wildman–Crippen MR) is 91.2 cm³/mol. The van der Waals surface area contributed by atoms with Crippen molar-refractivity contribution >= 4 is 5.91 Å². The van der Waals surface area contributed by atoms with Crippen molar-refractivity contribution in [2.75, 3.05) is 0 Å². The van der Waals surface area contributed by atoms with E-state index in [0.717, 1.165) is 17.8 Å². The molecule has 1 amide bonds. The van der Waals surface area contributed by atoms with Crippen LogP contribution in [0.5, 0.6) is 0 Å². The van der Waals surface area contributed by atoms with E-state index < -0.39 is 0 Å². The summed E-state index contributed by atoms with van der Waals surface area (Å²) >= 11 is 0. The molecule has 0 saturated heterocycles. The zero-order chi connectivity index (χ0) is 15.4. The summed E-state index contributed by atoms with van der Waals surface area (Å²) in [5.41, 5.74) is 4.33. The highest BCUT2D eigenvalue weighted by atomic mass is 16.1. The van der Waals surface area contributed by atoms with Gasteiger partial charge in [-0.15, -0.1) is 0 Å². The lowest BCUT2D eigenvalue weighted by Crippen LogP contribution is -2.60. The maximum atomic E-state index is 12.7. The Hall–Kier alpha value is -1.31. The van der Waals surface area contributed by atoms with Crippen LogP contribution in [0.2, 0.25) is 0 Å². The number of rotatable bonds is 3. The molecular weight excluding hydrogens is 282 g/mol. The molecule has 0 unspecified atom stereocenters. The molecule has 1 N–H and O–H groups in total. The summed E-state index contributed by atoms with van der Waals surface area (Å²) in [6.07, 6.45) is 12.3. The third-order valence-corrected chi connectivity index (χ3v) is 6.97. The number of carbonyl (C=O) groups excluding carboxylic acids is 1. The second kappa shape index (κ2) is 5.09. The molecule has 23 heavy (non-hydrogen) atoms. The van der Waals surface area contributed by atoms with Gasteiger partial charge in [-0.05, 0) is 92.2 Å². The van der Waals surface area contributed by atoms with Crippen LogP contribution in [0.1, 0.15) is 61.6 Å². The monoisotopic (exact) mass is 309 g/mol. The number of amides is 1. The van der Waals surface area contributed by atoms with Gasteiger partial charge in [0.2, 0.25) is 5.91 Å². The van der Waals surface area contributed by atoms with Crippen molar-refractivity contribution in [1.29, 1.82) is 0 Å². The van der Waals surface area contributed by atoms with E-state index in [1.807, 2.05) is 0 Å². The summed E-state index contributed by atoms with van der Waals surface area (Å²) < 4.78 is 0. The van der Waals surface area contributed by atoms with Gasteiger partial charge in [-0.2, -0.15) is 0 Å². The fourth-order valence-electron chi connectivity index (χ4n) is 6.52. The minimum absolute atomic E-state index is 0.155. The van der Waals surface area contributed by atoms with Gasteiger partial charge in [-0.1, -0.05) is 18.2 Å². The van der Waals surface area contributed by atoms with Crippen LogP contribution in [0.15, 0.2) is 18.2 Å². The third kappa shape index (κ3) is 2.51. The molecule has 0 radical (unpaired) electrons. The van der Waals surface area contributed by atoms with Gasteiger partial charge in [0.15, 0.2) is 0 Å². The number of benzene rings is 1. The standard InChI is InChI=1S/C21H27NO/c23-20(10-14-4-5-18-2-1-3-19(18)9-14)22-21-11-15-6-16(12-21)8-17(7-15)13-21/h4-5,9,15-17H,1-3,6-8,10-13H2,(H,22,23). The Morgan fingerprint density at radius 3 is 2.35 bits per heavy atom. The second-order valence-electron chi connectivity index (χ2n) is 8.88. The highest BCUT2D eigenvalue weighted by Gasteiger charge is 2.51. The normalized spacial score (nSPS) is 37.0. The second-order valence-corrected chi connectivity index (χ2v) is 8.88. The van der Waals surface area contributed by atoms with Gasteiger partial charge in [0.1, 0.15) is 0 Å². The summed E-state index contributed by atoms with van der Waals surface area (Å²) in [5, 5.41) is 3.50. The maximum Gasteiger partial charge on any atom is 0.224 e. The Balaban J connectivity index is 1.28. The Bertz CT molecular complexity index is 612. The summed E-state index contributed by atoms with van der Waals surface area (Å²) in [6.45, 7) is 0. The molecule has 1 aromatic carbocycles. The molecule has 4 bridgehead atoms. The minimum Gasteiger partial charge on any atom is -0.350 e. The molecule has 5 aliphatic carbocycles. The fourth-order valence-corrected chi connectivity index (χ4v) is 6.52. The van der Waals surface area contributed by atoms with Gasteiger partial charge in [0.25, 0.3) is 0 Å². The Morgan fingerprint density at radius 1 is 1.00 bits per heavy atom. The lowest BCUT2D eigenvalue weighted by Gasteiger charge is -2.56. The van der Waals surface area contributed by atoms with E-state index in [1.54, 1.807) is 0 Å². The molecule has 1 aromatic rings. The smallest absolute Gasteiger partial charge is 0.224 e. The molecule has 0 heterocycles. The molecule has 0 aromatic heterocycles. The molecule has 4 fully saturated rings. The van der Waals surface area contributed by atoms with Crippen LogP contribution in [0, 0.1) is 17.8 Å². The van der Waals surface area contributed by atoms with Crippen molar-refractivity contribution in [3.05, 3.63) is 34.9 Å². The molecule has 5 aliphatic rings. The van der Waals surface area contributed by atoms with Crippen LogP contribution in [0.4, 0.5) is 0 Å². The first kappa shape index (κ1) is 14.1. The third-order valence-electron chi connectivity index (χ3n) is 6.97. The Labute approximate surface area is 139 Å². The van der Waals surface area contributed by atoms with Crippen LogP contribution in [-0.4, -0.2) is 11.4 Å². The van der Waals surface area contributed by atoms with Gasteiger partial charge in [-0.25, -0.2) is 0 Å². The minimum atomic E-state index is 0.155. The van der Waals surface area contributed by atoms with E-state index in [0.29, 0.717) is 6.42 Å². The van der Waals surface area contributed by atoms with Crippen LogP contribution >= 0.6 is 0 Å². The van der Waals surface area contributed by atoms with E-state index in [1.165, 1.54) is 74.5 Å². The summed E-state index contributed by atoms with van der Waals surface area (Å²) in [5.74, 6) is 2.93. The highest BCUT2D eigenvalue weighted by Crippen LogP contribution is 2.55. The number of fused-ring (bicyclic) bond motifs is 1. The van der Waals surface area contributed by atoms with E-state index in [-0.39, 0.29) is 11.4 Å². The van der Waals surface area contributed by atoms with Gasteiger partial charge in [-0.3, -0.25) is 4.79 Å². The SMILES string of the molecule is O=C(Cc1ccc2c(c1)CCC2)NC12CC3CC(CC(C3)C1)C2. The predicted octanol–water partition coefficient (Wildman–Crippen LogP) is 3.80. The van der Waals surface area contributed by atoms with Crippen molar-refractivity contribution in [2.45, 2.75) is 69.7 Å². The summed E-state index contributed by atoms with van der Waals surface area (Å²) in [4.78, 5) is 12.7. The Kier molecular flexibility index (Phi) is 3.11. The summed E-state index contributed by atoms with van der Waals surface area (Å²) in [7, 11) is 0. The van der Waals surface area contributed by atoms with Crippen LogP contribution < -0.4 is 5.32 Å². The maximum absolute atomic E-state index is 12.7. The molecule has 2 nitrogen and oxygen atoms in total. The van der Waals surface area contributed by atoms with Crippen LogP contribution in [0.25, 0.3) is 0 Å². The van der Waals surface area contributed by atoms with Crippen LogP contribution in [-0.2, 0) is 24.1 Å². The van der Waals surface area contributed by atoms with Gasteiger partial charge in [0, 0.05) is 5.54 Å². The van der Waals surface area contributed by atoms with Crippen molar-refractivity contribution in [3.8, 4) is 0 Å². The molecule has 0 spiro atoms. The van der Waals surface area contributed by atoms with Gasteiger partial charge < -0.3 is 5.32 Å². The van der Waals surface area contributed by atoms with Crippen molar-refractivity contribution in [1.82, 2.24) is 5.32 Å². The topological polar surface area (TPSA) is 29.1 Å². The molecule has 4 saturated carbocycles. The lowest BCUT2D eigenvalue weighted by atomic mass is 9.53. The van der Waals surface area contributed by atoms with Gasteiger partial charge in [0.05, 0.1) is 6.42 Å². The van der Waals surface area contributed by atoms with Gasteiger partial charge >= 0.3 is 0 Å². The van der Waals surface area contributed by atoms with E-state index in [4.69, 9.17) is 0 Å². The van der Waals surface area contributed by atoms with Crippen LogP contribution in [0.3, 0.4) is 0 Å². The molecule has 0 aliphatic heterocycles. The average Bonchev–Trinajstić information content (AvgIpc) is 2.92. The first-order valence-corrected chi connectivity index (χ1v) is 9.59. The lowest BCUT2D eigenvalue weighted by molar-refractivity contribution is -0.126. The van der Waals surface area contributed by atoms with E-state index in [9.17, 15) is 4.79 Å².